The number of aliphatic hydroxyl groups is 1. The van der Waals surface area contributed by atoms with Crippen LogP contribution in [0.5, 0.6) is 0 Å². The largest absolute Gasteiger partial charge is 2.00 e. The fourth-order valence-corrected chi connectivity index (χ4v) is 10.6. The van der Waals surface area contributed by atoms with E-state index in [4.69, 9.17) is 29.7 Å². The van der Waals surface area contributed by atoms with E-state index < -0.39 is 17.9 Å². The van der Waals surface area contributed by atoms with Gasteiger partial charge in [0, 0.05) is 11.6 Å². The summed E-state index contributed by atoms with van der Waals surface area (Å²) in [7, 11) is 1.34. The Morgan fingerprint density at radius 3 is 2.00 bits per heavy atom. The van der Waals surface area contributed by atoms with E-state index in [1.54, 1.807) is 0 Å². The molecule has 3 aromatic rings. The zero-order valence-electron chi connectivity index (χ0n) is 41.6. The third-order valence-electron chi connectivity index (χ3n) is 14.8. The van der Waals surface area contributed by atoms with Gasteiger partial charge in [-0.1, -0.05) is 171 Å². The van der Waals surface area contributed by atoms with Crippen LogP contribution >= 0.6 is 0 Å². The Balaban J connectivity index is 0.00000793. The number of carbonyl (C=O) groups is 2. The summed E-state index contributed by atoms with van der Waals surface area (Å²) < 4.78 is 11.2. The van der Waals surface area contributed by atoms with Gasteiger partial charge in [-0.25, -0.2) is 0 Å². The predicted molar refractivity (Wildman–Crippen MR) is 266 cm³/mol. The van der Waals surface area contributed by atoms with Crippen molar-refractivity contribution in [3.8, 4) is 0 Å². The number of hydrogen-bond acceptors (Lipinski definition) is 5. The van der Waals surface area contributed by atoms with E-state index in [2.05, 4.69) is 62.0 Å². The standard InChI is InChI=1S/C55H76N4O5.Mg/c1-13-39-35(8)42-28-44-37(10)41(24-25-48(60)64-27-26-34(7)23-17-22-33(6)21-16-20-32(5)19-15-18-31(3)4)52(58-44)50-51(55(62)63-12)54(61)49-38(11)45(59-53(49)50)30-47-40(14-2)36(9)43(57-47)29-46(39)56-42;/h13,28-34,37,41,51-52,61H,1,14-27H2,2-12H3;/q-4;+2/b43-29-,44-28-,47-30-;/t32-,33-,34?,37+,41+,51-,52?;/m1./s1. The molecular formula is C55H76MgN4O5-2. The fourth-order valence-electron chi connectivity index (χ4n) is 10.6. The molecule has 1 saturated heterocycles. The second-order valence-electron chi connectivity index (χ2n) is 20.0. The number of methoxy groups -OCH3 is 1. The zero-order valence-corrected chi connectivity index (χ0v) is 43.0. The van der Waals surface area contributed by atoms with Crippen LogP contribution in [0.1, 0.15) is 170 Å². The number of nitrogens with zero attached hydrogens (tertiary/aromatic N) is 4. The van der Waals surface area contributed by atoms with Crippen LogP contribution in [0.15, 0.2) is 12.3 Å². The molecule has 350 valence electrons. The third-order valence-corrected chi connectivity index (χ3v) is 14.8. The van der Waals surface area contributed by atoms with E-state index in [9.17, 15) is 14.7 Å². The first-order valence-corrected chi connectivity index (χ1v) is 24.5. The number of carbonyl (C=O) groups excluding carboxylic acids is 2. The molecule has 2 unspecified atom stereocenters. The molecule has 0 aromatic carbocycles. The van der Waals surface area contributed by atoms with Crippen LogP contribution in [0.25, 0.3) is 41.0 Å². The van der Waals surface area contributed by atoms with Crippen LogP contribution in [-0.2, 0) is 25.5 Å². The SMILES string of the molecule is C=Cc1c2[n-]c(c1C)/C=C1\[N-]C(C3=c4[n-]c(c(C)c4=C(O)[C@@H]3C(=O)OC)/C=c3\[n-]/c(c(C)c3CC)=C\2)[C@@H](CCC(=O)OCCC(C)CCC[C@H](C)CCC[C@H](C)CCCC(C)C)[C@@H]1C.[Mg+2]. The van der Waals surface area contributed by atoms with Crippen LogP contribution in [0.2, 0.25) is 0 Å². The molecule has 0 saturated carbocycles. The molecule has 10 heteroatoms. The summed E-state index contributed by atoms with van der Waals surface area (Å²) in [4.78, 5) is 42.5. The van der Waals surface area contributed by atoms with Crippen molar-refractivity contribution in [2.75, 3.05) is 13.7 Å². The smallest absolute Gasteiger partial charge is 0.681 e. The molecule has 65 heavy (non-hydrogen) atoms. The first-order chi connectivity index (χ1) is 30.6. The Morgan fingerprint density at radius 1 is 0.800 bits per heavy atom. The predicted octanol–water partition coefficient (Wildman–Crippen LogP) is 8.74. The number of aliphatic hydroxyl groups excluding tert-OH is 1. The number of hydrogen-bond donors (Lipinski definition) is 1. The van der Waals surface area contributed by atoms with Gasteiger partial charge in [-0.05, 0) is 81.1 Å². The first kappa shape index (κ1) is 52.1. The van der Waals surface area contributed by atoms with E-state index in [0.29, 0.717) is 40.8 Å². The van der Waals surface area contributed by atoms with Crippen molar-refractivity contribution in [2.45, 2.75) is 159 Å². The molecule has 3 aromatic heterocycles. The van der Waals surface area contributed by atoms with Crippen LogP contribution in [0.4, 0.5) is 0 Å². The van der Waals surface area contributed by atoms with Gasteiger partial charge >= 0.3 is 35.0 Å². The van der Waals surface area contributed by atoms with E-state index >= 15 is 0 Å². The van der Waals surface area contributed by atoms with Gasteiger partial charge < -0.3 is 34.8 Å². The Hall–Kier alpha value is -3.89. The molecular weight excluding hydrogens is 821 g/mol. The maximum absolute atomic E-state index is 13.6. The maximum Gasteiger partial charge on any atom is 2.00 e. The van der Waals surface area contributed by atoms with Gasteiger partial charge in [0.2, 0.25) is 0 Å². The molecule has 2 aliphatic heterocycles. The Kier molecular flexibility index (Phi) is 18.6. The Bertz CT molecular complexity index is 2450. The van der Waals surface area contributed by atoms with E-state index in [0.717, 1.165) is 92.6 Å². The van der Waals surface area contributed by atoms with Crippen LogP contribution in [0.3, 0.4) is 0 Å². The molecule has 3 aliphatic rings. The van der Waals surface area contributed by atoms with Crippen molar-refractivity contribution in [1.29, 1.82) is 0 Å². The molecule has 1 aliphatic carbocycles. The summed E-state index contributed by atoms with van der Waals surface area (Å²) in [5, 5.41) is 20.0. The normalized spacial score (nSPS) is 21.9. The minimum absolute atomic E-state index is 0. The number of aromatic nitrogens is 3. The number of allylic oxidation sites excluding steroid dienone is 1. The minimum atomic E-state index is -1.06. The van der Waals surface area contributed by atoms with Crippen molar-refractivity contribution in [3.05, 3.63) is 83.8 Å². The second-order valence-corrected chi connectivity index (χ2v) is 20.0. The van der Waals surface area contributed by atoms with E-state index in [-0.39, 0.29) is 53.0 Å². The summed E-state index contributed by atoms with van der Waals surface area (Å²) >= 11 is 0. The van der Waals surface area contributed by atoms with Crippen LogP contribution < -0.4 is 36.2 Å². The summed E-state index contributed by atoms with van der Waals surface area (Å²) in [6.07, 6.45) is 21.8. The van der Waals surface area contributed by atoms with E-state index in [1.807, 2.05) is 38.2 Å². The van der Waals surface area contributed by atoms with Crippen molar-refractivity contribution < 1.29 is 24.2 Å². The zero-order chi connectivity index (χ0) is 46.4. The molecule has 0 amide bonds. The molecule has 7 atom stereocenters. The molecule has 6 rings (SSSR count). The van der Waals surface area contributed by atoms with E-state index in [1.165, 1.54) is 58.5 Å². The van der Waals surface area contributed by atoms with Gasteiger partial charge in [-0.2, -0.15) is 5.70 Å². The van der Waals surface area contributed by atoms with Gasteiger partial charge in [-0.3, -0.25) is 9.59 Å². The van der Waals surface area contributed by atoms with Crippen molar-refractivity contribution in [3.63, 3.8) is 0 Å². The van der Waals surface area contributed by atoms with Gasteiger partial charge in [-0.15, -0.1) is 33.1 Å². The average Bonchev–Trinajstić information content (AvgIpc) is 3.99. The average molecular weight is 898 g/mol. The number of esters is 2. The van der Waals surface area contributed by atoms with Crippen LogP contribution in [-0.4, -0.2) is 59.9 Å². The molecule has 1 fully saturated rings. The summed E-state index contributed by atoms with van der Waals surface area (Å²) in [6.45, 7) is 26.6. The number of ether oxygens (including phenoxy) is 2. The quantitative estimate of drug-likeness (QED) is 0.0831. The van der Waals surface area contributed by atoms with Gasteiger partial charge in [0.25, 0.3) is 0 Å². The van der Waals surface area contributed by atoms with Gasteiger partial charge in [0.05, 0.1) is 13.7 Å². The number of fused-ring (bicyclic) bond motifs is 8. The molecule has 9 nitrogen and oxygen atoms in total. The summed E-state index contributed by atoms with van der Waals surface area (Å²) in [6, 6.07) is -0.561. The summed E-state index contributed by atoms with van der Waals surface area (Å²) in [5.74, 6) is 0.610. The number of rotatable bonds is 21. The minimum Gasteiger partial charge on any atom is -0.681 e. The topological polar surface area (TPSA) is 129 Å². The Labute approximate surface area is 405 Å². The Morgan fingerprint density at radius 2 is 1.40 bits per heavy atom. The van der Waals surface area contributed by atoms with Crippen molar-refractivity contribution >= 4 is 70.6 Å². The van der Waals surface area contributed by atoms with Gasteiger partial charge in [0.15, 0.2) is 0 Å². The van der Waals surface area contributed by atoms with Crippen molar-refractivity contribution in [1.82, 2.24) is 15.0 Å². The third kappa shape index (κ3) is 11.8. The monoisotopic (exact) mass is 897 g/mol. The van der Waals surface area contributed by atoms with Crippen LogP contribution in [0, 0.1) is 62.2 Å². The molecule has 0 spiro atoms. The molecule has 5 heterocycles. The second kappa shape index (κ2) is 23.2. The summed E-state index contributed by atoms with van der Waals surface area (Å²) in [5.41, 5.74) is 8.55. The van der Waals surface area contributed by atoms with Crippen molar-refractivity contribution in [2.24, 2.45) is 41.4 Å². The first-order valence-electron chi connectivity index (χ1n) is 24.5. The maximum atomic E-state index is 13.6. The van der Waals surface area contributed by atoms with Gasteiger partial charge in [0.1, 0.15) is 11.7 Å². The molecule has 8 bridgehead atoms. The molecule has 0 radical (unpaired) electrons. The fraction of sp³-hybridized carbons (Fsp3) is 0.600. The molecule has 1 N–H and O–H groups in total.